The summed E-state index contributed by atoms with van der Waals surface area (Å²) in [5.74, 6) is 1.06. The van der Waals surface area contributed by atoms with E-state index in [1.54, 1.807) is 0 Å². The van der Waals surface area contributed by atoms with Crippen molar-refractivity contribution in [2.45, 2.75) is 20.3 Å². The van der Waals surface area contributed by atoms with E-state index < -0.39 is 5.41 Å². The van der Waals surface area contributed by atoms with E-state index in [0.717, 1.165) is 18.5 Å². The highest BCUT2D eigenvalue weighted by atomic mass is 16.5. The summed E-state index contributed by atoms with van der Waals surface area (Å²) >= 11 is 0. The molecule has 4 rings (SSSR count). The van der Waals surface area contributed by atoms with Gasteiger partial charge >= 0.3 is 0 Å². The minimum atomic E-state index is -0.447. The maximum Gasteiger partial charge on any atom is 0.266 e. The van der Waals surface area contributed by atoms with Crippen LogP contribution in [0, 0.1) is 16.7 Å². The van der Waals surface area contributed by atoms with Crippen molar-refractivity contribution in [1.82, 2.24) is 10.1 Å². The van der Waals surface area contributed by atoms with Gasteiger partial charge in [0.05, 0.1) is 5.41 Å². The smallest absolute Gasteiger partial charge is 0.266 e. The third kappa shape index (κ3) is 1.97. The molecule has 1 amide bonds. The van der Waals surface area contributed by atoms with Crippen LogP contribution in [-0.4, -0.2) is 29.1 Å². The maximum atomic E-state index is 12.0. The number of hydrogen-bond acceptors (Lipinski definition) is 5. The molecule has 0 spiro atoms. The zero-order valence-electron chi connectivity index (χ0n) is 13.3. The van der Waals surface area contributed by atoms with Crippen LogP contribution in [0.3, 0.4) is 0 Å². The number of rotatable bonds is 3. The lowest BCUT2D eigenvalue weighted by Gasteiger charge is -2.54. The van der Waals surface area contributed by atoms with Crippen molar-refractivity contribution in [3.05, 3.63) is 30.3 Å². The molecule has 2 atom stereocenters. The Balaban J connectivity index is 1.61. The van der Waals surface area contributed by atoms with Gasteiger partial charge in [-0.25, -0.2) is 0 Å². The third-order valence-electron chi connectivity index (χ3n) is 5.47. The van der Waals surface area contributed by atoms with E-state index in [1.807, 2.05) is 35.2 Å². The van der Waals surface area contributed by atoms with Gasteiger partial charge in [0.1, 0.15) is 0 Å². The molecule has 6 heteroatoms. The minimum Gasteiger partial charge on any atom is -0.369 e. The van der Waals surface area contributed by atoms with Crippen molar-refractivity contribution >= 4 is 11.9 Å². The second-order valence-electron chi connectivity index (χ2n) is 7.38. The summed E-state index contributed by atoms with van der Waals surface area (Å²) in [5, 5.41) is 4.10. The predicted octanol–water partition coefficient (Wildman–Crippen LogP) is 2.07. The minimum absolute atomic E-state index is 0.121. The number of carbonyl (C=O) groups is 1. The standard InChI is InChI=1S/C17H20N4O2/c1-16(2)9-17(14(18)22)10-21(8-12(16)17)15-19-13(23-20-15)11-6-4-3-5-7-11/h3-7,12H,8-10H2,1-2H3,(H2,18,22)/t12-,17+/m1/s1. The Labute approximate surface area is 134 Å². The molecule has 1 saturated carbocycles. The summed E-state index contributed by atoms with van der Waals surface area (Å²) in [7, 11) is 0. The molecule has 1 saturated heterocycles. The molecular formula is C17H20N4O2. The third-order valence-corrected chi connectivity index (χ3v) is 5.47. The Kier molecular flexibility index (Phi) is 2.83. The normalized spacial score (nSPS) is 28.3. The van der Waals surface area contributed by atoms with E-state index in [2.05, 4.69) is 24.0 Å². The van der Waals surface area contributed by atoms with Gasteiger partial charge in [-0.2, -0.15) is 4.98 Å². The summed E-state index contributed by atoms with van der Waals surface area (Å²) < 4.78 is 5.38. The fraction of sp³-hybridized carbons (Fsp3) is 0.471. The van der Waals surface area contributed by atoms with Crippen molar-refractivity contribution in [2.75, 3.05) is 18.0 Å². The molecule has 0 unspecified atom stereocenters. The zero-order valence-corrected chi connectivity index (χ0v) is 13.3. The van der Waals surface area contributed by atoms with Gasteiger partial charge in [-0.1, -0.05) is 32.0 Å². The average molecular weight is 312 g/mol. The quantitative estimate of drug-likeness (QED) is 0.938. The SMILES string of the molecule is CC1(C)C[C@]2(C(N)=O)CN(c3noc(-c4ccccc4)n3)C[C@H]12. The first kappa shape index (κ1) is 14.2. The molecule has 2 heterocycles. The first-order valence-electron chi connectivity index (χ1n) is 7.86. The zero-order chi connectivity index (χ0) is 16.2. The number of primary amides is 1. The monoisotopic (exact) mass is 312 g/mol. The lowest BCUT2D eigenvalue weighted by molar-refractivity contribution is -0.148. The number of amides is 1. The van der Waals surface area contributed by atoms with E-state index in [9.17, 15) is 4.79 Å². The topological polar surface area (TPSA) is 85.3 Å². The fourth-order valence-corrected chi connectivity index (χ4v) is 4.42. The number of anilines is 1. The molecule has 1 aromatic heterocycles. The summed E-state index contributed by atoms with van der Waals surface area (Å²) in [4.78, 5) is 18.5. The number of benzene rings is 1. The molecule has 2 aromatic rings. The van der Waals surface area contributed by atoms with E-state index in [0.29, 0.717) is 18.4 Å². The molecule has 1 aliphatic carbocycles. The molecule has 0 radical (unpaired) electrons. The van der Waals surface area contributed by atoms with Crippen LogP contribution < -0.4 is 10.6 Å². The lowest BCUT2D eigenvalue weighted by atomic mass is 9.48. The van der Waals surface area contributed by atoms with Gasteiger partial charge in [0.2, 0.25) is 5.91 Å². The Morgan fingerprint density at radius 2 is 2.09 bits per heavy atom. The average Bonchev–Trinajstić information content (AvgIpc) is 3.11. The van der Waals surface area contributed by atoms with Crippen LogP contribution >= 0.6 is 0 Å². The largest absolute Gasteiger partial charge is 0.369 e. The van der Waals surface area contributed by atoms with Crippen LogP contribution in [0.1, 0.15) is 20.3 Å². The van der Waals surface area contributed by atoms with Crippen LogP contribution in [-0.2, 0) is 4.79 Å². The Morgan fingerprint density at radius 1 is 1.35 bits per heavy atom. The van der Waals surface area contributed by atoms with Gasteiger partial charge in [0, 0.05) is 18.7 Å². The lowest BCUT2D eigenvalue weighted by Crippen LogP contribution is -2.59. The molecule has 120 valence electrons. The maximum absolute atomic E-state index is 12.0. The molecule has 1 aromatic carbocycles. The van der Waals surface area contributed by atoms with Crippen LogP contribution in [0.15, 0.2) is 34.9 Å². The van der Waals surface area contributed by atoms with E-state index >= 15 is 0 Å². The van der Waals surface area contributed by atoms with E-state index in [1.165, 1.54) is 0 Å². The van der Waals surface area contributed by atoms with Crippen LogP contribution in [0.2, 0.25) is 0 Å². The highest BCUT2D eigenvalue weighted by Crippen LogP contribution is 2.62. The number of carbonyl (C=O) groups excluding carboxylic acids is 1. The van der Waals surface area contributed by atoms with Crippen LogP contribution in [0.4, 0.5) is 5.95 Å². The van der Waals surface area contributed by atoms with Crippen molar-refractivity contribution in [3.8, 4) is 11.5 Å². The molecule has 2 N–H and O–H groups in total. The summed E-state index contributed by atoms with van der Waals surface area (Å²) in [5.41, 5.74) is 6.26. The predicted molar refractivity (Wildman–Crippen MR) is 85.5 cm³/mol. The van der Waals surface area contributed by atoms with Crippen molar-refractivity contribution in [2.24, 2.45) is 22.5 Å². The summed E-state index contributed by atoms with van der Waals surface area (Å²) in [6.45, 7) is 5.69. The fourth-order valence-electron chi connectivity index (χ4n) is 4.42. The Bertz CT molecular complexity index is 755. The molecule has 23 heavy (non-hydrogen) atoms. The van der Waals surface area contributed by atoms with Gasteiger partial charge in [-0.05, 0) is 35.0 Å². The number of nitrogens with zero attached hydrogens (tertiary/aromatic N) is 3. The molecule has 2 aliphatic rings. The van der Waals surface area contributed by atoms with E-state index in [4.69, 9.17) is 10.3 Å². The number of fused-ring (bicyclic) bond motifs is 1. The second kappa shape index (κ2) is 4.57. The Morgan fingerprint density at radius 3 is 2.70 bits per heavy atom. The van der Waals surface area contributed by atoms with Gasteiger partial charge in [0.25, 0.3) is 11.8 Å². The van der Waals surface area contributed by atoms with Crippen LogP contribution in [0.5, 0.6) is 0 Å². The molecule has 2 fully saturated rings. The number of nitrogens with two attached hydrogens (primary N) is 1. The van der Waals surface area contributed by atoms with E-state index in [-0.39, 0.29) is 17.2 Å². The van der Waals surface area contributed by atoms with Crippen LogP contribution in [0.25, 0.3) is 11.5 Å². The van der Waals surface area contributed by atoms with Gasteiger partial charge in [-0.3, -0.25) is 4.79 Å². The van der Waals surface area contributed by atoms with Gasteiger partial charge in [0.15, 0.2) is 0 Å². The van der Waals surface area contributed by atoms with Crippen molar-refractivity contribution < 1.29 is 9.32 Å². The van der Waals surface area contributed by atoms with Crippen molar-refractivity contribution in [1.29, 1.82) is 0 Å². The Hall–Kier alpha value is -2.37. The summed E-state index contributed by atoms with van der Waals surface area (Å²) in [6, 6.07) is 9.66. The highest BCUT2D eigenvalue weighted by Gasteiger charge is 2.66. The summed E-state index contributed by atoms with van der Waals surface area (Å²) in [6.07, 6.45) is 0.819. The molecular weight excluding hydrogens is 292 g/mol. The first-order chi connectivity index (χ1) is 10.9. The number of aromatic nitrogens is 2. The molecule has 1 aliphatic heterocycles. The first-order valence-corrected chi connectivity index (χ1v) is 7.86. The second-order valence-corrected chi connectivity index (χ2v) is 7.38. The number of hydrogen-bond donors (Lipinski definition) is 1. The molecule has 6 nitrogen and oxygen atoms in total. The molecule has 0 bridgehead atoms. The van der Waals surface area contributed by atoms with Gasteiger partial charge in [-0.15, -0.1) is 0 Å². The van der Waals surface area contributed by atoms with Crippen molar-refractivity contribution in [3.63, 3.8) is 0 Å². The highest BCUT2D eigenvalue weighted by molar-refractivity contribution is 5.84. The van der Waals surface area contributed by atoms with Gasteiger partial charge < -0.3 is 15.2 Å².